The number of rotatable bonds is 5. The van der Waals surface area contributed by atoms with Gasteiger partial charge in [0.05, 0.1) is 12.3 Å². The van der Waals surface area contributed by atoms with Gasteiger partial charge in [-0.25, -0.2) is 0 Å². The molecule has 0 bridgehead atoms. The van der Waals surface area contributed by atoms with Gasteiger partial charge in [-0.3, -0.25) is 0 Å². The van der Waals surface area contributed by atoms with Crippen LogP contribution in [0.2, 0.25) is 0 Å². The second-order valence-electron chi connectivity index (χ2n) is 4.53. The Balaban J connectivity index is 1.92. The van der Waals surface area contributed by atoms with Gasteiger partial charge in [0.1, 0.15) is 5.75 Å². The number of ether oxygens (including phenoxy) is 1. The van der Waals surface area contributed by atoms with Crippen molar-refractivity contribution in [2.45, 2.75) is 32.6 Å². The van der Waals surface area contributed by atoms with E-state index in [4.69, 9.17) is 9.94 Å². The third-order valence-electron chi connectivity index (χ3n) is 3.35. The van der Waals surface area contributed by atoms with Crippen LogP contribution in [0.4, 0.5) is 0 Å². The summed E-state index contributed by atoms with van der Waals surface area (Å²) in [6.07, 6.45) is 4.67. The third-order valence-corrected chi connectivity index (χ3v) is 3.35. The van der Waals surface area contributed by atoms with Gasteiger partial charge in [-0.2, -0.15) is 0 Å². The largest absolute Gasteiger partial charge is 0.493 e. The Labute approximate surface area is 102 Å². The fraction of sp³-hybridized carbons (Fsp3) is 0.500. The Bertz CT molecular complexity index is 380. The number of benzene rings is 1. The zero-order valence-corrected chi connectivity index (χ0v) is 10.2. The van der Waals surface area contributed by atoms with Gasteiger partial charge < -0.3 is 9.94 Å². The smallest absolute Gasteiger partial charge is 0.119 e. The number of nitrogens with zero attached hydrogens (tertiary/aromatic N) is 1. The van der Waals surface area contributed by atoms with Crippen LogP contribution >= 0.6 is 0 Å². The normalized spacial score (nSPS) is 16.6. The molecule has 1 aliphatic rings. The molecule has 1 aromatic rings. The van der Waals surface area contributed by atoms with Crippen LogP contribution < -0.4 is 4.74 Å². The van der Waals surface area contributed by atoms with Crippen LogP contribution in [0.25, 0.3) is 0 Å². The highest BCUT2D eigenvalue weighted by molar-refractivity contribution is 6.00. The first kappa shape index (κ1) is 12.0. The van der Waals surface area contributed by atoms with Crippen LogP contribution in [-0.4, -0.2) is 17.5 Å². The standard InChI is InChI=1S/C14H19NO2/c1-2-14(15-16)12-6-8-13(9-7-12)17-10-11-4-3-5-11/h6-9,11,16H,2-5,10H2,1H3. The molecule has 0 saturated heterocycles. The Morgan fingerprint density at radius 2 is 2.06 bits per heavy atom. The van der Waals surface area contributed by atoms with Gasteiger partial charge in [-0.05, 0) is 55.0 Å². The molecule has 1 N–H and O–H groups in total. The summed E-state index contributed by atoms with van der Waals surface area (Å²) in [5.41, 5.74) is 1.65. The number of oxime groups is 1. The Morgan fingerprint density at radius 1 is 1.35 bits per heavy atom. The van der Waals surface area contributed by atoms with E-state index in [1.165, 1.54) is 19.3 Å². The van der Waals surface area contributed by atoms with E-state index in [1.807, 2.05) is 31.2 Å². The molecular weight excluding hydrogens is 214 g/mol. The Hall–Kier alpha value is -1.51. The highest BCUT2D eigenvalue weighted by Crippen LogP contribution is 2.27. The fourth-order valence-corrected chi connectivity index (χ4v) is 1.95. The Kier molecular flexibility index (Phi) is 4.02. The van der Waals surface area contributed by atoms with Crippen molar-refractivity contribution in [3.05, 3.63) is 29.8 Å². The molecule has 1 aromatic carbocycles. The van der Waals surface area contributed by atoms with Gasteiger partial charge in [-0.1, -0.05) is 18.5 Å². The van der Waals surface area contributed by atoms with Crippen LogP contribution in [0.15, 0.2) is 29.4 Å². The van der Waals surface area contributed by atoms with Crippen molar-refractivity contribution in [2.24, 2.45) is 11.1 Å². The lowest BCUT2D eigenvalue weighted by atomic mass is 9.86. The first-order valence-corrected chi connectivity index (χ1v) is 6.27. The minimum Gasteiger partial charge on any atom is -0.493 e. The summed E-state index contributed by atoms with van der Waals surface area (Å²) in [4.78, 5) is 0. The summed E-state index contributed by atoms with van der Waals surface area (Å²) in [6, 6.07) is 7.76. The lowest BCUT2D eigenvalue weighted by Crippen LogP contribution is -2.19. The minimum absolute atomic E-state index is 0.704. The van der Waals surface area contributed by atoms with E-state index in [9.17, 15) is 0 Å². The van der Waals surface area contributed by atoms with Crippen molar-refractivity contribution in [1.29, 1.82) is 0 Å². The van der Waals surface area contributed by atoms with Gasteiger partial charge >= 0.3 is 0 Å². The number of hydrogen-bond donors (Lipinski definition) is 1. The molecule has 3 heteroatoms. The molecule has 0 aromatic heterocycles. The van der Waals surface area contributed by atoms with E-state index < -0.39 is 0 Å². The summed E-state index contributed by atoms with van der Waals surface area (Å²) in [6.45, 7) is 2.80. The molecule has 1 fully saturated rings. The summed E-state index contributed by atoms with van der Waals surface area (Å²) in [7, 11) is 0. The molecule has 1 aliphatic carbocycles. The lowest BCUT2D eigenvalue weighted by Gasteiger charge is -2.25. The molecule has 92 valence electrons. The molecule has 1 saturated carbocycles. The van der Waals surface area contributed by atoms with Gasteiger partial charge in [0, 0.05) is 0 Å². The van der Waals surface area contributed by atoms with Gasteiger partial charge in [0.15, 0.2) is 0 Å². The zero-order chi connectivity index (χ0) is 12.1. The lowest BCUT2D eigenvalue weighted by molar-refractivity contribution is 0.180. The average molecular weight is 233 g/mol. The molecule has 0 atom stereocenters. The van der Waals surface area contributed by atoms with Crippen molar-refractivity contribution in [3.63, 3.8) is 0 Å². The van der Waals surface area contributed by atoms with E-state index in [0.29, 0.717) is 5.71 Å². The second kappa shape index (κ2) is 5.71. The molecule has 0 radical (unpaired) electrons. The predicted molar refractivity (Wildman–Crippen MR) is 67.9 cm³/mol. The molecule has 2 rings (SSSR count). The molecule has 17 heavy (non-hydrogen) atoms. The predicted octanol–water partition coefficient (Wildman–Crippen LogP) is 3.45. The molecule has 0 amide bonds. The molecule has 0 heterocycles. The van der Waals surface area contributed by atoms with Crippen molar-refractivity contribution in [1.82, 2.24) is 0 Å². The zero-order valence-electron chi connectivity index (χ0n) is 10.2. The van der Waals surface area contributed by atoms with E-state index in [-0.39, 0.29) is 0 Å². The van der Waals surface area contributed by atoms with Crippen molar-refractivity contribution in [3.8, 4) is 5.75 Å². The number of hydrogen-bond acceptors (Lipinski definition) is 3. The third kappa shape index (κ3) is 2.99. The summed E-state index contributed by atoms with van der Waals surface area (Å²) in [5, 5.41) is 12.1. The van der Waals surface area contributed by atoms with E-state index in [2.05, 4.69) is 5.16 Å². The monoisotopic (exact) mass is 233 g/mol. The van der Waals surface area contributed by atoms with Gasteiger partial charge in [0.2, 0.25) is 0 Å². The molecular formula is C14H19NO2. The minimum atomic E-state index is 0.704. The van der Waals surface area contributed by atoms with Crippen LogP contribution in [0, 0.1) is 5.92 Å². The second-order valence-corrected chi connectivity index (χ2v) is 4.53. The Morgan fingerprint density at radius 3 is 2.53 bits per heavy atom. The maximum atomic E-state index is 8.82. The first-order chi connectivity index (χ1) is 8.33. The van der Waals surface area contributed by atoms with E-state index >= 15 is 0 Å². The highest BCUT2D eigenvalue weighted by Gasteiger charge is 2.17. The fourth-order valence-electron chi connectivity index (χ4n) is 1.95. The molecule has 0 spiro atoms. The van der Waals surface area contributed by atoms with E-state index in [0.717, 1.165) is 30.3 Å². The van der Waals surface area contributed by atoms with Crippen molar-refractivity contribution >= 4 is 5.71 Å². The van der Waals surface area contributed by atoms with Crippen LogP contribution in [0.3, 0.4) is 0 Å². The summed E-state index contributed by atoms with van der Waals surface area (Å²) >= 11 is 0. The topological polar surface area (TPSA) is 41.8 Å². The molecule has 0 aliphatic heterocycles. The van der Waals surface area contributed by atoms with Gasteiger partial charge in [-0.15, -0.1) is 0 Å². The maximum absolute atomic E-state index is 8.82. The van der Waals surface area contributed by atoms with Crippen LogP contribution in [0.5, 0.6) is 5.75 Å². The summed E-state index contributed by atoms with van der Waals surface area (Å²) < 4.78 is 5.71. The van der Waals surface area contributed by atoms with E-state index in [1.54, 1.807) is 0 Å². The average Bonchev–Trinajstić information content (AvgIpc) is 2.30. The molecule has 3 nitrogen and oxygen atoms in total. The SMILES string of the molecule is CCC(=NO)c1ccc(OCC2CCC2)cc1. The molecule has 0 unspecified atom stereocenters. The first-order valence-electron chi connectivity index (χ1n) is 6.27. The van der Waals surface area contributed by atoms with Crippen LogP contribution in [0.1, 0.15) is 38.2 Å². The van der Waals surface area contributed by atoms with Gasteiger partial charge in [0.25, 0.3) is 0 Å². The van der Waals surface area contributed by atoms with Crippen LogP contribution in [-0.2, 0) is 0 Å². The summed E-state index contributed by atoms with van der Waals surface area (Å²) in [5.74, 6) is 1.65. The van der Waals surface area contributed by atoms with Crippen molar-refractivity contribution < 1.29 is 9.94 Å². The highest BCUT2D eigenvalue weighted by atomic mass is 16.5. The maximum Gasteiger partial charge on any atom is 0.119 e. The quantitative estimate of drug-likeness (QED) is 0.481. The van der Waals surface area contributed by atoms with Crippen molar-refractivity contribution in [2.75, 3.05) is 6.61 Å².